The van der Waals surface area contributed by atoms with Crippen LogP contribution in [0.25, 0.3) is 0 Å². The molecule has 0 rings (SSSR count). The molecular formula is KN6O12Pt-6. The fourth-order valence-electron chi connectivity index (χ4n) is 0. The second-order valence-corrected chi connectivity index (χ2v) is 0.447. The van der Waals surface area contributed by atoms with E-state index in [0.29, 0.717) is 0 Å². The van der Waals surface area contributed by atoms with Crippen molar-refractivity contribution < 1.29 is 21.1 Å². The summed E-state index contributed by atoms with van der Waals surface area (Å²) in [6.07, 6.45) is 0. The van der Waals surface area contributed by atoms with E-state index in [4.69, 9.17) is 60.7 Å². The van der Waals surface area contributed by atoms with Gasteiger partial charge in [0.15, 0.2) is 0 Å². The Morgan fingerprint density at radius 3 is 0.400 bits per heavy atom. The summed E-state index contributed by atoms with van der Waals surface area (Å²) in [5, 5.41) is 54.0. The van der Waals surface area contributed by atoms with Gasteiger partial charge in [0.05, 0.1) is 0 Å². The Bertz CT molecular complexity index is 119. The van der Waals surface area contributed by atoms with Crippen LogP contribution in [-0.2, 0) is 21.1 Å². The normalized spacial score (nSPS) is 3.60. The summed E-state index contributed by atoms with van der Waals surface area (Å²) >= 11 is 0. The number of hydrogen-bond donors (Lipinski definition) is 0. The van der Waals surface area contributed by atoms with Crippen molar-refractivity contribution >= 4 is 51.4 Å². The van der Waals surface area contributed by atoms with Crippen LogP contribution in [0.1, 0.15) is 0 Å². The van der Waals surface area contributed by atoms with Gasteiger partial charge < -0.3 is 60.7 Å². The largest absolute Gasteiger partial charge is 0.444 e. The van der Waals surface area contributed by atoms with Gasteiger partial charge in [0, 0.05) is 72.4 Å². The minimum absolute atomic E-state index is 0. The zero-order valence-corrected chi connectivity index (χ0v) is 14.3. The molecule has 0 amide bonds. The Hall–Kier alpha value is -1.28. The van der Waals surface area contributed by atoms with Gasteiger partial charge in [-0.05, 0) is 0 Å². The quantitative estimate of drug-likeness (QED) is 0.251. The first-order chi connectivity index (χ1) is 8.49. The molecule has 0 aliphatic heterocycles. The van der Waals surface area contributed by atoms with Gasteiger partial charge in [-0.25, -0.2) is 0 Å². The molecule has 0 saturated carbocycles. The van der Waals surface area contributed by atoms with Crippen LogP contribution in [0.3, 0.4) is 0 Å². The zero-order chi connectivity index (χ0) is 16.2. The van der Waals surface area contributed by atoms with Gasteiger partial charge in [-0.1, -0.05) is 0 Å². The average molecular weight is 510 g/mol. The molecule has 20 heavy (non-hydrogen) atoms. The molecule has 1 radical (unpaired) electrons. The van der Waals surface area contributed by atoms with E-state index in [1.807, 2.05) is 0 Å². The molecule has 0 N–H and O–H groups in total. The molecule has 0 heterocycles. The van der Waals surface area contributed by atoms with Crippen LogP contribution in [0.4, 0.5) is 0 Å². The van der Waals surface area contributed by atoms with Crippen LogP contribution >= 0.6 is 0 Å². The van der Waals surface area contributed by atoms with E-state index < -0.39 is 0 Å². The van der Waals surface area contributed by atoms with Crippen molar-refractivity contribution in [1.82, 2.24) is 0 Å². The number of rotatable bonds is 0. The predicted octanol–water partition coefficient (Wildman–Crippen LogP) is 1.12. The van der Waals surface area contributed by atoms with Crippen LogP contribution in [0.5, 0.6) is 0 Å². The summed E-state index contributed by atoms with van der Waals surface area (Å²) in [6, 6.07) is 0. The van der Waals surface area contributed by atoms with Crippen molar-refractivity contribution in [3.8, 4) is 0 Å². The van der Waals surface area contributed by atoms with E-state index in [1.54, 1.807) is 0 Å². The van der Waals surface area contributed by atoms with Gasteiger partial charge in [0.1, 0.15) is 0 Å². The van der Waals surface area contributed by atoms with E-state index in [1.165, 1.54) is 0 Å². The summed E-state index contributed by atoms with van der Waals surface area (Å²) in [4.78, 5) is 48.0. The summed E-state index contributed by atoms with van der Waals surface area (Å²) in [6.45, 7) is 0. The Kier molecular flexibility index (Phi) is 568. The molecule has 0 saturated heterocycles. The summed E-state index contributed by atoms with van der Waals surface area (Å²) in [5.74, 6) is 0. The molecule has 0 aromatic heterocycles. The van der Waals surface area contributed by atoms with Gasteiger partial charge >= 0.3 is 0 Å². The summed E-state index contributed by atoms with van der Waals surface area (Å²) in [5.41, 5.74) is 0. The van der Waals surface area contributed by atoms with Crippen molar-refractivity contribution in [3.05, 3.63) is 60.7 Å². The maximum atomic E-state index is 8.00. The SMILES string of the molecule is O=N[O-].O=N[O-].O=N[O-].O=N[O-].O=N[O-].O=N[O-].[K].[Pt]. The van der Waals surface area contributed by atoms with Crippen LogP contribution in [0.15, 0.2) is 32.0 Å². The second kappa shape index (κ2) is 222. The number of nitrogens with zero attached hydrogens (tertiary/aromatic N) is 6. The topological polar surface area (TPSA) is 315 Å². The first-order valence-corrected chi connectivity index (χ1v) is 2.19. The minimum Gasteiger partial charge on any atom is -0.444 e. The van der Waals surface area contributed by atoms with Crippen LogP contribution in [-0.4, -0.2) is 51.4 Å². The average Bonchev–Trinajstić information content (AvgIpc) is 2.23. The fourth-order valence-corrected chi connectivity index (χ4v) is 0. The third-order valence-electron chi connectivity index (χ3n) is 0. The molecule has 20 heteroatoms. The van der Waals surface area contributed by atoms with E-state index in [0.717, 1.165) is 32.0 Å². The van der Waals surface area contributed by atoms with Crippen molar-refractivity contribution in [2.75, 3.05) is 0 Å². The third kappa shape index (κ3) is 2540. The molecule has 0 unspecified atom stereocenters. The van der Waals surface area contributed by atoms with Gasteiger partial charge in [-0.15, -0.1) is 32.0 Å². The Morgan fingerprint density at radius 2 is 0.400 bits per heavy atom. The van der Waals surface area contributed by atoms with Gasteiger partial charge in [-0.3, -0.25) is 0 Å². The van der Waals surface area contributed by atoms with Crippen molar-refractivity contribution in [2.45, 2.75) is 0 Å². The molecular weight excluding hydrogens is 510 g/mol. The predicted molar refractivity (Wildman–Crippen MR) is 60.7 cm³/mol. The molecule has 0 aliphatic rings. The number of hydrogen-bond acceptors (Lipinski definition) is 18. The Labute approximate surface area is 163 Å². The van der Waals surface area contributed by atoms with Crippen molar-refractivity contribution in [2.24, 2.45) is 32.0 Å². The molecule has 0 spiro atoms. The monoisotopic (exact) mass is 510 g/mol. The smallest absolute Gasteiger partial charge is 0 e. The van der Waals surface area contributed by atoms with E-state index in [9.17, 15) is 0 Å². The van der Waals surface area contributed by atoms with Crippen LogP contribution in [0.2, 0.25) is 0 Å². The Balaban J connectivity index is -0.0000000141. The first kappa shape index (κ1) is 51.1. The Morgan fingerprint density at radius 1 is 0.400 bits per heavy atom. The molecule has 18 nitrogen and oxygen atoms in total. The van der Waals surface area contributed by atoms with Crippen molar-refractivity contribution in [3.63, 3.8) is 0 Å². The maximum Gasteiger partial charge on any atom is 0 e. The molecule has 0 bridgehead atoms. The molecule has 119 valence electrons. The summed E-state index contributed by atoms with van der Waals surface area (Å²) < 4.78 is 0. The van der Waals surface area contributed by atoms with Gasteiger partial charge in [0.25, 0.3) is 0 Å². The standard InChI is InChI=1S/K.6HNO2.Pt/c;6*2-1-3;/h;6*(H,2,3);/p-6. The van der Waals surface area contributed by atoms with E-state index in [2.05, 4.69) is 0 Å². The summed E-state index contributed by atoms with van der Waals surface area (Å²) in [7, 11) is 0. The molecule has 0 aromatic carbocycles. The zero-order valence-electron chi connectivity index (χ0n) is 8.90. The maximum absolute atomic E-state index is 8.00. The van der Waals surface area contributed by atoms with Gasteiger partial charge in [-0.2, -0.15) is 0 Å². The first-order valence-electron chi connectivity index (χ1n) is 2.19. The molecule has 0 fully saturated rings. The van der Waals surface area contributed by atoms with Crippen molar-refractivity contribution in [1.29, 1.82) is 0 Å². The van der Waals surface area contributed by atoms with Crippen LogP contribution in [0, 0.1) is 60.7 Å². The molecule has 0 aliphatic carbocycles. The fraction of sp³-hybridized carbons (Fsp3) is 0. The van der Waals surface area contributed by atoms with E-state index >= 15 is 0 Å². The molecule has 0 aromatic rings. The third-order valence-corrected chi connectivity index (χ3v) is 0. The second-order valence-electron chi connectivity index (χ2n) is 0.447. The van der Waals surface area contributed by atoms with Crippen LogP contribution < -0.4 is 0 Å². The van der Waals surface area contributed by atoms with Gasteiger partial charge in [0.2, 0.25) is 0 Å². The molecule has 0 atom stereocenters. The van der Waals surface area contributed by atoms with E-state index in [-0.39, 0.29) is 72.4 Å². The minimum atomic E-state index is 0.